The number of nitrogens with one attached hydrogen (secondary N) is 1. The van der Waals surface area contributed by atoms with E-state index in [4.69, 9.17) is 4.74 Å². The van der Waals surface area contributed by atoms with Crippen molar-refractivity contribution in [1.82, 2.24) is 4.98 Å². The van der Waals surface area contributed by atoms with Gasteiger partial charge in [-0.25, -0.2) is 4.98 Å². The Morgan fingerprint density at radius 2 is 2.07 bits per heavy atom. The predicted molar refractivity (Wildman–Crippen MR) is 111 cm³/mol. The maximum Gasteiger partial charge on any atom is 0.306 e. The molecule has 1 N–H and O–H groups in total. The van der Waals surface area contributed by atoms with E-state index in [1.54, 1.807) is 0 Å². The Labute approximate surface area is 171 Å². The molecule has 1 fully saturated rings. The van der Waals surface area contributed by atoms with E-state index in [1.165, 1.54) is 43.4 Å². The molecule has 0 saturated heterocycles. The van der Waals surface area contributed by atoms with Gasteiger partial charge in [0.25, 0.3) is 5.91 Å². The van der Waals surface area contributed by atoms with Crippen molar-refractivity contribution in [3.8, 4) is 11.3 Å². The maximum atomic E-state index is 12.0. The average molecular weight is 451 g/mol. The molecule has 0 spiro atoms. The third-order valence-electron chi connectivity index (χ3n) is 4.72. The van der Waals surface area contributed by atoms with Gasteiger partial charge in [0.1, 0.15) is 0 Å². The van der Waals surface area contributed by atoms with Gasteiger partial charge < -0.3 is 4.74 Å². The van der Waals surface area contributed by atoms with Gasteiger partial charge >= 0.3 is 5.97 Å². The summed E-state index contributed by atoms with van der Waals surface area (Å²) in [7, 11) is 0. The standard InChI is InChI=1S/C20H23BrN2O3S/c21-16-8-4-7-15(11-16)17-13-27-20(22-17)23-18(24)12-26-19(25)10-9-14-5-2-1-3-6-14/h4,7-8,11,13-14H,1-3,5-6,9-10,12H2,(H,22,23,24). The van der Waals surface area contributed by atoms with E-state index in [2.05, 4.69) is 26.2 Å². The number of thiazole rings is 1. The van der Waals surface area contributed by atoms with Crippen molar-refractivity contribution < 1.29 is 14.3 Å². The van der Waals surface area contributed by atoms with E-state index in [0.717, 1.165) is 22.2 Å². The molecule has 0 aliphatic heterocycles. The highest BCUT2D eigenvalue weighted by Crippen LogP contribution is 2.28. The van der Waals surface area contributed by atoms with Crippen LogP contribution in [0, 0.1) is 5.92 Å². The second-order valence-electron chi connectivity index (χ2n) is 6.80. The number of nitrogens with zero attached hydrogens (tertiary/aromatic N) is 1. The molecular weight excluding hydrogens is 428 g/mol. The molecule has 1 amide bonds. The Bertz CT molecular complexity index is 787. The van der Waals surface area contributed by atoms with Crippen LogP contribution in [0.25, 0.3) is 11.3 Å². The van der Waals surface area contributed by atoms with Crippen molar-refractivity contribution in [1.29, 1.82) is 0 Å². The molecule has 0 unspecified atom stereocenters. The highest BCUT2D eigenvalue weighted by Gasteiger charge is 2.16. The van der Waals surface area contributed by atoms with E-state index < -0.39 is 0 Å². The maximum absolute atomic E-state index is 12.0. The van der Waals surface area contributed by atoms with Gasteiger partial charge in [-0.3, -0.25) is 14.9 Å². The van der Waals surface area contributed by atoms with Crippen LogP contribution in [0.3, 0.4) is 0 Å². The van der Waals surface area contributed by atoms with E-state index >= 15 is 0 Å². The lowest BCUT2D eigenvalue weighted by atomic mass is 9.86. The molecule has 0 bridgehead atoms. The van der Waals surface area contributed by atoms with Crippen LogP contribution < -0.4 is 5.32 Å². The third-order valence-corrected chi connectivity index (χ3v) is 5.97. The Morgan fingerprint density at radius 1 is 1.26 bits per heavy atom. The first kappa shape index (κ1) is 20.0. The average Bonchev–Trinajstić information content (AvgIpc) is 3.14. The number of aromatic nitrogens is 1. The van der Waals surface area contributed by atoms with Gasteiger partial charge in [-0.05, 0) is 24.5 Å². The molecule has 1 aromatic carbocycles. The lowest BCUT2D eigenvalue weighted by Crippen LogP contribution is -2.21. The lowest BCUT2D eigenvalue weighted by Gasteiger charge is -2.20. The fourth-order valence-corrected chi connectivity index (χ4v) is 4.42. The molecule has 3 rings (SSSR count). The summed E-state index contributed by atoms with van der Waals surface area (Å²) in [6.45, 7) is -0.269. The number of hydrogen-bond acceptors (Lipinski definition) is 5. The second-order valence-corrected chi connectivity index (χ2v) is 8.57. The molecule has 0 atom stereocenters. The summed E-state index contributed by atoms with van der Waals surface area (Å²) in [5, 5.41) is 5.06. The fraction of sp³-hybridized carbons (Fsp3) is 0.450. The first-order valence-electron chi connectivity index (χ1n) is 9.27. The van der Waals surface area contributed by atoms with E-state index in [0.29, 0.717) is 17.5 Å². The number of halogens is 1. The van der Waals surface area contributed by atoms with Gasteiger partial charge in [-0.2, -0.15) is 0 Å². The number of esters is 1. The highest BCUT2D eigenvalue weighted by molar-refractivity contribution is 9.10. The molecule has 1 aliphatic rings. The third kappa shape index (κ3) is 6.43. The fourth-order valence-electron chi connectivity index (χ4n) is 3.28. The van der Waals surface area contributed by atoms with Crippen molar-refractivity contribution in [2.24, 2.45) is 5.92 Å². The van der Waals surface area contributed by atoms with Gasteiger partial charge in [0.05, 0.1) is 5.69 Å². The first-order chi connectivity index (χ1) is 13.1. The summed E-state index contributed by atoms with van der Waals surface area (Å²) in [6, 6.07) is 7.80. The van der Waals surface area contributed by atoms with E-state index in [-0.39, 0.29) is 18.5 Å². The molecule has 0 radical (unpaired) electrons. The Kier molecular flexibility index (Phi) is 7.41. The molecule has 1 aliphatic carbocycles. The number of amides is 1. The molecule has 7 heteroatoms. The van der Waals surface area contributed by atoms with Crippen molar-refractivity contribution in [2.75, 3.05) is 11.9 Å². The Morgan fingerprint density at radius 3 is 2.85 bits per heavy atom. The summed E-state index contributed by atoms with van der Waals surface area (Å²) in [4.78, 5) is 28.2. The van der Waals surface area contributed by atoms with Gasteiger partial charge in [0, 0.05) is 21.8 Å². The monoisotopic (exact) mass is 450 g/mol. The zero-order valence-electron chi connectivity index (χ0n) is 15.1. The molecule has 27 heavy (non-hydrogen) atoms. The topological polar surface area (TPSA) is 68.3 Å². The molecular formula is C20H23BrN2O3S. The zero-order chi connectivity index (χ0) is 19.1. The molecule has 2 aromatic rings. The first-order valence-corrected chi connectivity index (χ1v) is 10.9. The summed E-state index contributed by atoms with van der Waals surface area (Å²) >= 11 is 4.78. The lowest BCUT2D eigenvalue weighted by molar-refractivity contribution is -0.147. The van der Waals surface area contributed by atoms with Crippen molar-refractivity contribution in [2.45, 2.75) is 44.9 Å². The molecule has 1 saturated carbocycles. The minimum absolute atomic E-state index is 0.269. The number of rotatable bonds is 7. The number of ether oxygens (including phenoxy) is 1. The van der Waals surface area contributed by atoms with Crippen LogP contribution in [0.4, 0.5) is 5.13 Å². The molecule has 144 valence electrons. The minimum Gasteiger partial charge on any atom is -0.456 e. The van der Waals surface area contributed by atoms with Gasteiger partial charge in [0.2, 0.25) is 0 Å². The van der Waals surface area contributed by atoms with Crippen LogP contribution in [-0.4, -0.2) is 23.5 Å². The SMILES string of the molecule is O=C(COC(=O)CCC1CCCCC1)Nc1nc(-c2cccc(Br)c2)cs1. The summed E-state index contributed by atoms with van der Waals surface area (Å²) < 4.78 is 6.06. The van der Waals surface area contributed by atoms with Crippen LogP contribution in [0.5, 0.6) is 0 Å². The van der Waals surface area contributed by atoms with Gasteiger partial charge in [0.15, 0.2) is 11.7 Å². The number of carbonyl (C=O) groups excluding carboxylic acids is 2. The number of carbonyl (C=O) groups is 2. The number of benzene rings is 1. The quantitative estimate of drug-likeness (QED) is 0.572. The minimum atomic E-state index is -0.365. The normalized spacial score (nSPS) is 14.7. The van der Waals surface area contributed by atoms with Crippen LogP contribution in [-0.2, 0) is 14.3 Å². The van der Waals surface area contributed by atoms with Crippen LogP contribution in [0.1, 0.15) is 44.9 Å². The smallest absolute Gasteiger partial charge is 0.306 e. The highest BCUT2D eigenvalue weighted by atomic mass is 79.9. The van der Waals surface area contributed by atoms with Crippen LogP contribution in [0.2, 0.25) is 0 Å². The Hall–Kier alpha value is -1.73. The summed E-state index contributed by atoms with van der Waals surface area (Å²) in [6.07, 6.45) is 7.50. The van der Waals surface area contributed by atoms with E-state index in [9.17, 15) is 9.59 Å². The molecule has 5 nitrogen and oxygen atoms in total. The molecule has 1 heterocycles. The molecule has 1 aromatic heterocycles. The predicted octanol–water partition coefficient (Wildman–Crippen LogP) is 5.41. The second kappa shape index (κ2) is 9.99. The zero-order valence-corrected chi connectivity index (χ0v) is 17.5. The number of anilines is 1. The van der Waals surface area contributed by atoms with Crippen molar-refractivity contribution >= 4 is 44.3 Å². The van der Waals surface area contributed by atoms with Crippen molar-refractivity contribution in [3.63, 3.8) is 0 Å². The summed E-state index contributed by atoms with van der Waals surface area (Å²) in [5.41, 5.74) is 1.76. The van der Waals surface area contributed by atoms with Gasteiger partial charge in [-0.1, -0.05) is 60.2 Å². The Balaban J connectivity index is 1.41. The largest absolute Gasteiger partial charge is 0.456 e. The van der Waals surface area contributed by atoms with Crippen LogP contribution >= 0.6 is 27.3 Å². The summed E-state index contributed by atoms with van der Waals surface area (Å²) in [5.74, 6) is -0.0345. The van der Waals surface area contributed by atoms with Gasteiger partial charge in [-0.15, -0.1) is 11.3 Å². The number of hydrogen-bond donors (Lipinski definition) is 1. The van der Waals surface area contributed by atoms with Crippen LogP contribution in [0.15, 0.2) is 34.1 Å². The van der Waals surface area contributed by atoms with E-state index in [1.807, 2.05) is 29.6 Å². The van der Waals surface area contributed by atoms with Crippen molar-refractivity contribution in [3.05, 3.63) is 34.1 Å².